The van der Waals surface area contributed by atoms with E-state index in [0.717, 1.165) is 44.3 Å². The average molecular weight is 503 g/mol. The second kappa shape index (κ2) is 10.5. The van der Waals surface area contributed by atoms with Crippen molar-refractivity contribution in [1.82, 2.24) is 25.9 Å². The fraction of sp³-hybridized carbons (Fsp3) is 0.321. The molecule has 37 heavy (non-hydrogen) atoms. The summed E-state index contributed by atoms with van der Waals surface area (Å²) in [6, 6.07) is 14.8. The number of rotatable bonds is 10. The van der Waals surface area contributed by atoms with Crippen molar-refractivity contribution >= 4 is 40.0 Å². The number of aromatic nitrogens is 2. The molecule has 2 atom stereocenters. The normalized spacial score (nSPS) is 13.3. The van der Waals surface area contributed by atoms with E-state index in [1.165, 1.54) is 0 Å². The van der Waals surface area contributed by atoms with E-state index in [9.17, 15) is 14.4 Å². The van der Waals surface area contributed by atoms with Gasteiger partial charge in [-0.3, -0.25) is 14.4 Å². The molecule has 9 heteroatoms. The third kappa shape index (κ3) is 5.67. The van der Waals surface area contributed by atoms with E-state index >= 15 is 0 Å². The van der Waals surface area contributed by atoms with Gasteiger partial charge in [0, 0.05) is 46.0 Å². The van der Waals surface area contributed by atoms with Gasteiger partial charge in [0.25, 0.3) is 0 Å². The van der Waals surface area contributed by atoms with Crippen molar-refractivity contribution < 1.29 is 14.4 Å². The molecule has 194 valence electrons. The van der Waals surface area contributed by atoms with Gasteiger partial charge in [-0.2, -0.15) is 0 Å². The van der Waals surface area contributed by atoms with E-state index < -0.39 is 29.6 Å². The molecule has 0 aliphatic carbocycles. The summed E-state index contributed by atoms with van der Waals surface area (Å²) in [6.07, 6.45) is 0.506. The lowest BCUT2D eigenvalue weighted by Crippen LogP contribution is -2.59. The lowest BCUT2D eigenvalue weighted by atomic mass is 9.99. The van der Waals surface area contributed by atoms with E-state index in [0.29, 0.717) is 12.8 Å². The number of hydrogen-bond donors (Lipinski definition) is 6. The lowest BCUT2D eigenvalue weighted by molar-refractivity contribution is -0.131. The van der Waals surface area contributed by atoms with Gasteiger partial charge in [-0.1, -0.05) is 36.4 Å². The molecule has 0 fully saturated rings. The van der Waals surface area contributed by atoms with Crippen LogP contribution in [0.25, 0.3) is 21.8 Å². The van der Waals surface area contributed by atoms with Gasteiger partial charge in [-0.15, -0.1) is 0 Å². The van der Waals surface area contributed by atoms with Crippen LogP contribution in [0.1, 0.15) is 36.4 Å². The Morgan fingerprint density at radius 3 is 1.92 bits per heavy atom. The van der Waals surface area contributed by atoms with Gasteiger partial charge in [-0.05, 0) is 51.0 Å². The summed E-state index contributed by atoms with van der Waals surface area (Å²) in [5.41, 5.74) is 10.6. The maximum Gasteiger partial charge on any atom is 0.244 e. The number of nitrogens with one attached hydrogen (secondary N) is 5. The zero-order valence-corrected chi connectivity index (χ0v) is 21.6. The molecule has 0 aliphatic heterocycles. The number of hydrogen-bond acceptors (Lipinski definition) is 4. The molecule has 9 nitrogen and oxygen atoms in total. The molecule has 2 aromatic carbocycles. The molecule has 7 N–H and O–H groups in total. The molecule has 4 aromatic rings. The van der Waals surface area contributed by atoms with E-state index in [1.54, 1.807) is 13.8 Å². The molecular formula is C28H34N6O3. The van der Waals surface area contributed by atoms with Gasteiger partial charge in [0.05, 0.1) is 5.54 Å². The Bertz CT molecular complexity index is 1450. The summed E-state index contributed by atoms with van der Waals surface area (Å²) in [5, 5.41) is 10.5. The van der Waals surface area contributed by atoms with Gasteiger partial charge in [-0.25, -0.2) is 0 Å². The standard InChI is InChI=1S/C28H34N6O3/c1-16-20(18-9-5-7-11-22(18)31-16)13-24(33-27(37)28(3,4)29)26(36)34-25(30-15-35)14-21-17(2)32-23-12-8-6-10-19(21)23/h5-12,15,24-25,31-32H,13-14,29H2,1-4H3,(H,30,35)(H,33,37)(H,34,36)/t24-,25-/m1/s1. The molecule has 4 rings (SSSR count). The highest BCUT2D eigenvalue weighted by Gasteiger charge is 2.30. The van der Waals surface area contributed by atoms with Crippen LogP contribution < -0.4 is 21.7 Å². The van der Waals surface area contributed by atoms with Crippen molar-refractivity contribution in [3.8, 4) is 0 Å². The van der Waals surface area contributed by atoms with Crippen molar-refractivity contribution in [3.05, 3.63) is 71.0 Å². The zero-order valence-electron chi connectivity index (χ0n) is 21.6. The van der Waals surface area contributed by atoms with Crippen molar-refractivity contribution in [2.24, 2.45) is 5.73 Å². The lowest BCUT2D eigenvalue weighted by Gasteiger charge is -2.26. The van der Waals surface area contributed by atoms with E-state index in [4.69, 9.17) is 5.73 Å². The smallest absolute Gasteiger partial charge is 0.244 e. The number of fused-ring (bicyclic) bond motifs is 2. The fourth-order valence-corrected chi connectivity index (χ4v) is 4.66. The SMILES string of the molecule is Cc1[nH]c2ccccc2c1C[C@H](NC=O)NC(=O)[C@@H](Cc1c(C)[nH]c2ccccc12)NC(=O)C(C)(C)N. The van der Waals surface area contributed by atoms with Crippen molar-refractivity contribution in [3.63, 3.8) is 0 Å². The largest absolute Gasteiger partial charge is 0.358 e. The number of benzene rings is 2. The molecule has 2 aromatic heterocycles. The Morgan fingerprint density at radius 1 is 0.892 bits per heavy atom. The van der Waals surface area contributed by atoms with Crippen molar-refractivity contribution in [1.29, 1.82) is 0 Å². The molecule has 0 saturated heterocycles. The molecular weight excluding hydrogens is 468 g/mol. The molecule has 2 heterocycles. The first-order chi connectivity index (χ1) is 17.6. The Kier molecular flexibility index (Phi) is 7.35. The minimum atomic E-state index is -1.17. The maximum absolute atomic E-state index is 13.6. The summed E-state index contributed by atoms with van der Waals surface area (Å²) in [5.74, 6) is -0.864. The molecule has 0 spiro atoms. The summed E-state index contributed by atoms with van der Waals surface area (Å²) < 4.78 is 0. The Balaban J connectivity index is 1.61. The number of amides is 3. The minimum absolute atomic E-state index is 0.253. The Labute approximate surface area is 215 Å². The van der Waals surface area contributed by atoms with Crippen molar-refractivity contribution in [2.75, 3.05) is 0 Å². The minimum Gasteiger partial charge on any atom is -0.358 e. The predicted molar refractivity (Wildman–Crippen MR) is 145 cm³/mol. The van der Waals surface area contributed by atoms with E-state index in [-0.39, 0.29) is 6.42 Å². The highest BCUT2D eigenvalue weighted by Crippen LogP contribution is 2.24. The van der Waals surface area contributed by atoms with Gasteiger partial charge >= 0.3 is 0 Å². The van der Waals surface area contributed by atoms with Crippen LogP contribution >= 0.6 is 0 Å². The summed E-state index contributed by atoms with van der Waals surface area (Å²) in [4.78, 5) is 44.5. The van der Waals surface area contributed by atoms with Crippen LogP contribution in [0.3, 0.4) is 0 Å². The monoisotopic (exact) mass is 502 g/mol. The molecule has 0 saturated carbocycles. The first-order valence-corrected chi connectivity index (χ1v) is 12.3. The predicted octanol–water partition coefficient (Wildman–Crippen LogP) is 2.46. The van der Waals surface area contributed by atoms with Crippen LogP contribution in [0.15, 0.2) is 48.5 Å². The van der Waals surface area contributed by atoms with Gasteiger partial charge in [0.1, 0.15) is 12.2 Å². The molecule has 3 amide bonds. The average Bonchev–Trinajstić information content (AvgIpc) is 3.33. The molecule has 0 radical (unpaired) electrons. The topological polar surface area (TPSA) is 145 Å². The van der Waals surface area contributed by atoms with Gasteiger partial charge < -0.3 is 31.7 Å². The highest BCUT2D eigenvalue weighted by atomic mass is 16.2. The van der Waals surface area contributed by atoms with Crippen LogP contribution in [0.4, 0.5) is 0 Å². The van der Waals surface area contributed by atoms with E-state index in [2.05, 4.69) is 25.9 Å². The number of H-pyrrole nitrogens is 2. The zero-order chi connectivity index (χ0) is 26.7. The number of nitrogens with two attached hydrogens (primary N) is 1. The quantitative estimate of drug-likeness (QED) is 0.146. The number of aromatic amines is 2. The summed E-state index contributed by atoms with van der Waals surface area (Å²) in [6.45, 7) is 7.08. The van der Waals surface area contributed by atoms with Gasteiger partial charge in [0.15, 0.2) is 0 Å². The first-order valence-electron chi connectivity index (χ1n) is 12.3. The fourth-order valence-electron chi connectivity index (χ4n) is 4.66. The van der Waals surface area contributed by atoms with Crippen LogP contribution in [0, 0.1) is 13.8 Å². The molecule has 0 bridgehead atoms. The second-order valence-electron chi connectivity index (χ2n) is 10.0. The van der Waals surface area contributed by atoms with Crippen LogP contribution in [-0.4, -0.2) is 45.9 Å². The second-order valence-corrected chi connectivity index (χ2v) is 10.0. The number of aryl methyl sites for hydroxylation is 2. The Morgan fingerprint density at radius 2 is 1.41 bits per heavy atom. The highest BCUT2D eigenvalue weighted by molar-refractivity contribution is 5.93. The molecule has 0 unspecified atom stereocenters. The van der Waals surface area contributed by atoms with E-state index in [1.807, 2.05) is 62.4 Å². The summed E-state index contributed by atoms with van der Waals surface area (Å²) >= 11 is 0. The third-order valence-corrected chi connectivity index (χ3v) is 6.66. The van der Waals surface area contributed by atoms with Gasteiger partial charge in [0.2, 0.25) is 18.2 Å². The Hall–Kier alpha value is -4.11. The number of carbonyl (C=O) groups excluding carboxylic acids is 3. The first kappa shape index (κ1) is 26.0. The maximum atomic E-state index is 13.6. The number of para-hydroxylation sites is 2. The van der Waals surface area contributed by atoms with Crippen LogP contribution in [-0.2, 0) is 27.2 Å². The number of carbonyl (C=O) groups is 3. The van der Waals surface area contributed by atoms with Crippen LogP contribution in [0.5, 0.6) is 0 Å². The van der Waals surface area contributed by atoms with Crippen LogP contribution in [0.2, 0.25) is 0 Å². The molecule has 0 aliphatic rings. The van der Waals surface area contributed by atoms with Crippen molar-refractivity contribution in [2.45, 2.75) is 58.3 Å². The third-order valence-electron chi connectivity index (χ3n) is 6.66. The summed E-state index contributed by atoms with van der Waals surface area (Å²) in [7, 11) is 0.